The molecule has 0 unspecified atom stereocenters. The van der Waals surface area contributed by atoms with Gasteiger partial charge < -0.3 is 34.6 Å². The van der Waals surface area contributed by atoms with E-state index in [0.717, 1.165) is 29.8 Å². The van der Waals surface area contributed by atoms with E-state index in [0.29, 0.717) is 19.5 Å². The van der Waals surface area contributed by atoms with Gasteiger partial charge in [0.05, 0.1) is 49.8 Å². The Bertz CT molecular complexity index is 1790. The van der Waals surface area contributed by atoms with Crippen molar-refractivity contribution >= 4 is 35.3 Å². The normalized spacial score (nSPS) is 18.0. The standard InChI is InChI=1S/C50H80N6O8/c1-15-34(8)46(55(11)49(60)38(31(2)3)28-41(57)45(32(4)5)54(10)30-37-23-24-51-43(27-37)52-33(6)7)42(62-12)29-44(58)56-25-19-22-40(56)47(63-13)35(9)48(59)53-39(50(61)64-14)26-36-20-17-16-18-21-36/h16-18,20-21,23-24,27,31-35,38-40,42,45-47H,15,19,22,25-26,28-30H2,1-14H3,(H,51,52)(H,53,59)/t34-,35+,38-,39-,40-,42+,45-,46-,47+/m0/s1. The number of ketones is 1. The van der Waals surface area contributed by atoms with E-state index in [2.05, 4.69) is 48.2 Å². The molecule has 14 heteroatoms. The van der Waals surface area contributed by atoms with Crippen LogP contribution in [0.2, 0.25) is 0 Å². The second-order valence-corrected chi connectivity index (χ2v) is 18.8. The van der Waals surface area contributed by atoms with E-state index in [-0.39, 0.29) is 66.6 Å². The molecule has 1 aromatic heterocycles. The molecule has 1 aromatic carbocycles. The third kappa shape index (κ3) is 14.8. The Balaban J connectivity index is 1.79. The second kappa shape index (κ2) is 25.9. The number of carbonyl (C=O) groups excluding carboxylic acids is 5. The van der Waals surface area contributed by atoms with E-state index in [1.54, 1.807) is 37.1 Å². The van der Waals surface area contributed by atoms with Crippen LogP contribution in [0.5, 0.6) is 0 Å². The number of amides is 3. The predicted octanol–water partition coefficient (Wildman–Crippen LogP) is 6.41. The molecule has 1 saturated heterocycles. The number of rotatable bonds is 26. The summed E-state index contributed by atoms with van der Waals surface area (Å²) >= 11 is 0. The molecule has 64 heavy (non-hydrogen) atoms. The van der Waals surface area contributed by atoms with Crippen LogP contribution in [0.3, 0.4) is 0 Å². The molecular formula is C50H80N6O8. The maximum Gasteiger partial charge on any atom is 0.328 e. The quantitative estimate of drug-likeness (QED) is 0.101. The first-order chi connectivity index (χ1) is 30.3. The van der Waals surface area contributed by atoms with Crippen molar-refractivity contribution < 1.29 is 38.2 Å². The average molecular weight is 893 g/mol. The summed E-state index contributed by atoms with van der Waals surface area (Å²) in [5.74, 6) is -1.89. The summed E-state index contributed by atoms with van der Waals surface area (Å²) in [4.78, 5) is 80.0. The van der Waals surface area contributed by atoms with Crippen LogP contribution in [0.4, 0.5) is 5.82 Å². The fraction of sp³-hybridized carbons (Fsp3) is 0.680. The average Bonchev–Trinajstić information content (AvgIpc) is 3.74. The Kier molecular flexibility index (Phi) is 21.8. The second-order valence-electron chi connectivity index (χ2n) is 18.8. The lowest BCUT2D eigenvalue weighted by Gasteiger charge is -2.41. The van der Waals surface area contributed by atoms with Crippen LogP contribution in [0, 0.1) is 29.6 Å². The van der Waals surface area contributed by atoms with Gasteiger partial charge in [-0.25, -0.2) is 9.78 Å². The van der Waals surface area contributed by atoms with Crippen molar-refractivity contribution in [2.75, 3.05) is 47.3 Å². The molecule has 0 bridgehead atoms. The maximum absolute atomic E-state index is 14.7. The van der Waals surface area contributed by atoms with Gasteiger partial charge in [-0.05, 0) is 74.8 Å². The summed E-state index contributed by atoms with van der Waals surface area (Å²) in [7, 11) is 8.13. The molecule has 9 atom stereocenters. The molecule has 2 heterocycles. The lowest BCUT2D eigenvalue weighted by atomic mass is 9.83. The van der Waals surface area contributed by atoms with Crippen molar-refractivity contribution in [3.8, 4) is 0 Å². The van der Waals surface area contributed by atoms with E-state index < -0.39 is 54.2 Å². The number of aromatic nitrogens is 1. The minimum atomic E-state index is -0.897. The van der Waals surface area contributed by atoms with Crippen LogP contribution in [-0.2, 0) is 51.1 Å². The zero-order valence-electron chi connectivity index (χ0n) is 41.3. The Labute approximate surface area is 383 Å². The lowest BCUT2D eigenvalue weighted by Crippen LogP contribution is -2.55. The zero-order chi connectivity index (χ0) is 47.8. The number of pyridine rings is 1. The number of likely N-dealkylation sites (N-methyl/N-ethyl adjacent to an activating group) is 2. The largest absolute Gasteiger partial charge is 0.467 e. The van der Waals surface area contributed by atoms with Crippen LogP contribution < -0.4 is 10.6 Å². The van der Waals surface area contributed by atoms with Crippen molar-refractivity contribution in [2.45, 2.75) is 150 Å². The fourth-order valence-corrected chi connectivity index (χ4v) is 9.46. The number of methoxy groups -OCH3 is 3. The SMILES string of the molecule is CC[C@H](C)[C@@H]([C@@H](CC(=O)N1CCC[C@H]1[C@H](OC)[C@@H](C)C(=O)N[C@@H](Cc1ccccc1)C(=O)OC)OC)N(C)C(=O)[C@@H](CC(=O)[C@H](C(C)C)N(C)Cc1ccnc(NC(C)C)c1)C(C)C. The van der Waals surface area contributed by atoms with Crippen molar-refractivity contribution in [3.05, 3.63) is 59.8 Å². The summed E-state index contributed by atoms with van der Waals surface area (Å²) in [5, 5.41) is 6.22. The molecule has 3 rings (SSSR count). The minimum absolute atomic E-state index is 0.00546. The Morgan fingerprint density at radius 3 is 2.11 bits per heavy atom. The summed E-state index contributed by atoms with van der Waals surface area (Å²) < 4.78 is 17.1. The molecule has 3 amide bonds. The minimum Gasteiger partial charge on any atom is -0.467 e. The smallest absolute Gasteiger partial charge is 0.328 e. The Morgan fingerprint density at radius 1 is 0.875 bits per heavy atom. The van der Waals surface area contributed by atoms with E-state index in [4.69, 9.17) is 14.2 Å². The summed E-state index contributed by atoms with van der Waals surface area (Å²) in [6.45, 7) is 19.0. The van der Waals surface area contributed by atoms with Gasteiger partial charge >= 0.3 is 5.97 Å². The number of likely N-dealkylation sites (tertiary alicyclic amines) is 1. The fourth-order valence-electron chi connectivity index (χ4n) is 9.46. The van der Waals surface area contributed by atoms with Crippen molar-refractivity contribution in [1.29, 1.82) is 0 Å². The molecule has 1 fully saturated rings. The molecule has 0 radical (unpaired) electrons. The number of Topliss-reactive ketones (excluding diaryl/α,β-unsaturated/α-hetero) is 1. The number of carbonyl (C=O) groups is 5. The molecule has 0 saturated carbocycles. The van der Waals surface area contributed by atoms with Crippen LogP contribution in [0.1, 0.15) is 106 Å². The molecule has 2 aromatic rings. The van der Waals surface area contributed by atoms with Crippen LogP contribution in [0.25, 0.3) is 0 Å². The molecule has 2 N–H and O–H groups in total. The number of hydrogen-bond donors (Lipinski definition) is 2. The summed E-state index contributed by atoms with van der Waals surface area (Å²) in [5.41, 5.74) is 1.91. The summed E-state index contributed by atoms with van der Waals surface area (Å²) in [6.07, 6.45) is 2.92. The van der Waals surface area contributed by atoms with E-state index in [9.17, 15) is 24.0 Å². The highest BCUT2D eigenvalue weighted by atomic mass is 16.5. The first kappa shape index (κ1) is 53.9. The Hall–Kier alpha value is -4.40. The van der Waals surface area contributed by atoms with Crippen LogP contribution in [0.15, 0.2) is 48.7 Å². The Morgan fingerprint density at radius 2 is 1.55 bits per heavy atom. The molecule has 358 valence electrons. The number of nitrogens with one attached hydrogen (secondary N) is 2. The third-order valence-corrected chi connectivity index (χ3v) is 13.0. The van der Waals surface area contributed by atoms with Gasteiger partial charge in [0, 0.05) is 65.4 Å². The lowest BCUT2D eigenvalue weighted by molar-refractivity contribution is -0.150. The van der Waals surface area contributed by atoms with Gasteiger partial charge in [-0.15, -0.1) is 0 Å². The van der Waals surface area contributed by atoms with Crippen molar-refractivity contribution in [2.24, 2.45) is 29.6 Å². The monoisotopic (exact) mass is 893 g/mol. The van der Waals surface area contributed by atoms with Gasteiger partial charge in [0.25, 0.3) is 0 Å². The van der Waals surface area contributed by atoms with Gasteiger partial charge in [-0.3, -0.25) is 24.1 Å². The zero-order valence-corrected chi connectivity index (χ0v) is 41.3. The number of esters is 1. The number of benzene rings is 1. The van der Waals surface area contributed by atoms with Gasteiger partial charge in [-0.2, -0.15) is 0 Å². The van der Waals surface area contributed by atoms with Crippen molar-refractivity contribution in [3.63, 3.8) is 0 Å². The third-order valence-electron chi connectivity index (χ3n) is 13.0. The molecular weight excluding hydrogens is 813 g/mol. The molecule has 14 nitrogen and oxygen atoms in total. The molecule has 1 aliphatic heterocycles. The first-order valence-electron chi connectivity index (χ1n) is 23.3. The highest BCUT2D eigenvalue weighted by molar-refractivity contribution is 5.90. The highest BCUT2D eigenvalue weighted by Crippen LogP contribution is 2.31. The number of anilines is 1. The molecule has 0 aliphatic carbocycles. The van der Waals surface area contributed by atoms with Crippen molar-refractivity contribution in [1.82, 2.24) is 25.0 Å². The van der Waals surface area contributed by atoms with E-state index >= 15 is 0 Å². The summed E-state index contributed by atoms with van der Waals surface area (Å²) in [6, 6.07) is 11.4. The highest BCUT2D eigenvalue weighted by Gasteiger charge is 2.43. The van der Waals surface area contributed by atoms with Crippen LogP contribution in [-0.4, -0.2) is 134 Å². The molecule has 1 aliphatic rings. The van der Waals surface area contributed by atoms with Gasteiger partial charge in [0.15, 0.2) is 5.78 Å². The molecule has 0 spiro atoms. The van der Waals surface area contributed by atoms with Gasteiger partial charge in [-0.1, -0.05) is 85.2 Å². The van der Waals surface area contributed by atoms with Gasteiger partial charge in [0.1, 0.15) is 11.9 Å². The maximum atomic E-state index is 14.7. The van der Waals surface area contributed by atoms with E-state index in [1.165, 1.54) is 14.2 Å². The number of hydrogen-bond acceptors (Lipinski definition) is 11. The van der Waals surface area contributed by atoms with Crippen LogP contribution >= 0.6 is 0 Å². The van der Waals surface area contributed by atoms with Gasteiger partial charge in [0.2, 0.25) is 17.7 Å². The van der Waals surface area contributed by atoms with E-state index in [1.807, 2.05) is 77.2 Å². The topological polar surface area (TPSA) is 160 Å². The first-order valence-corrected chi connectivity index (χ1v) is 23.3. The number of ether oxygens (including phenoxy) is 3. The predicted molar refractivity (Wildman–Crippen MR) is 251 cm³/mol. The number of nitrogens with zero attached hydrogens (tertiary/aromatic N) is 4.